The van der Waals surface area contributed by atoms with E-state index in [4.69, 9.17) is 16.3 Å². The molecule has 0 aliphatic rings. The van der Waals surface area contributed by atoms with Crippen LogP contribution in [0.5, 0.6) is 0 Å². The third kappa shape index (κ3) is 4.10. The van der Waals surface area contributed by atoms with E-state index in [9.17, 15) is 18.0 Å². The SMILES string of the molecule is CC(CCl)OC(=O)Nc1ccccc1C(F)(F)F. The van der Waals surface area contributed by atoms with Gasteiger partial charge in [0.2, 0.25) is 0 Å². The molecule has 1 aromatic carbocycles. The minimum atomic E-state index is -4.54. The van der Waals surface area contributed by atoms with Crippen molar-refractivity contribution in [3.63, 3.8) is 0 Å². The van der Waals surface area contributed by atoms with Crippen LogP contribution in [0.25, 0.3) is 0 Å². The number of amides is 1. The van der Waals surface area contributed by atoms with Gasteiger partial charge in [0.15, 0.2) is 0 Å². The predicted molar refractivity (Wildman–Crippen MR) is 61.7 cm³/mol. The van der Waals surface area contributed by atoms with Crippen LogP contribution in [0.4, 0.5) is 23.7 Å². The molecule has 1 amide bonds. The first kappa shape index (κ1) is 14.6. The van der Waals surface area contributed by atoms with Gasteiger partial charge in [-0.1, -0.05) is 12.1 Å². The van der Waals surface area contributed by atoms with Crippen LogP contribution in [-0.4, -0.2) is 18.1 Å². The largest absolute Gasteiger partial charge is 0.445 e. The maximum atomic E-state index is 12.6. The zero-order valence-corrected chi connectivity index (χ0v) is 10.2. The molecule has 3 nitrogen and oxygen atoms in total. The number of carbonyl (C=O) groups is 1. The normalized spacial score (nSPS) is 12.9. The molecule has 0 saturated carbocycles. The second-order valence-corrected chi connectivity index (χ2v) is 3.85. The molecule has 100 valence electrons. The Kier molecular flexibility index (Phi) is 4.84. The van der Waals surface area contributed by atoms with Gasteiger partial charge in [-0.15, -0.1) is 11.6 Å². The number of ether oxygens (including phenoxy) is 1. The first-order valence-corrected chi connectivity index (χ1v) is 5.58. The first-order chi connectivity index (χ1) is 8.34. The van der Waals surface area contributed by atoms with Gasteiger partial charge in [0.25, 0.3) is 0 Å². The van der Waals surface area contributed by atoms with Crippen molar-refractivity contribution in [2.24, 2.45) is 0 Å². The summed E-state index contributed by atoms with van der Waals surface area (Å²) < 4.78 is 42.6. The topological polar surface area (TPSA) is 38.3 Å². The molecule has 1 aromatic rings. The quantitative estimate of drug-likeness (QED) is 0.854. The van der Waals surface area contributed by atoms with E-state index in [1.807, 2.05) is 5.32 Å². The number of halogens is 4. The van der Waals surface area contributed by atoms with E-state index < -0.39 is 23.9 Å². The van der Waals surface area contributed by atoms with Crippen LogP contribution in [0.15, 0.2) is 24.3 Å². The van der Waals surface area contributed by atoms with Crippen molar-refractivity contribution >= 4 is 23.4 Å². The Morgan fingerprint density at radius 2 is 2.06 bits per heavy atom. The molecule has 0 bridgehead atoms. The monoisotopic (exact) mass is 281 g/mol. The zero-order chi connectivity index (χ0) is 13.8. The summed E-state index contributed by atoms with van der Waals surface area (Å²) in [4.78, 5) is 11.3. The summed E-state index contributed by atoms with van der Waals surface area (Å²) in [5, 5.41) is 2.04. The molecule has 0 aliphatic heterocycles. The highest BCUT2D eigenvalue weighted by Gasteiger charge is 2.33. The molecule has 0 saturated heterocycles. The van der Waals surface area contributed by atoms with Gasteiger partial charge in [-0.05, 0) is 19.1 Å². The van der Waals surface area contributed by atoms with Gasteiger partial charge in [-0.2, -0.15) is 13.2 Å². The summed E-state index contributed by atoms with van der Waals surface area (Å²) in [6, 6.07) is 4.65. The van der Waals surface area contributed by atoms with Crippen LogP contribution < -0.4 is 5.32 Å². The van der Waals surface area contributed by atoms with E-state index in [1.165, 1.54) is 19.1 Å². The Balaban J connectivity index is 2.82. The van der Waals surface area contributed by atoms with Crippen LogP contribution >= 0.6 is 11.6 Å². The van der Waals surface area contributed by atoms with Crippen molar-refractivity contribution in [2.45, 2.75) is 19.2 Å². The molecular formula is C11H11ClF3NO2. The molecule has 1 atom stereocenters. The van der Waals surface area contributed by atoms with Crippen molar-refractivity contribution in [3.05, 3.63) is 29.8 Å². The molecule has 0 heterocycles. The van der Waals surface area contributed by atoms with Gasteiger partial charge < -0.3 is 4.74 Å². The third-order valence-electron chi connectivity index (χ3n) is 1.99. The molecule has 1 rings (SSSR count). The lowest BCUT2D eigenvalue weighted by molar-refractivity contribution is -0.136. The molecule has 1 N–H and O–H groups in total. The van der Waals surface area contributed by atoms with E-state index in [0.29, 0.717) is 0 Å². The summed E-state index contributed by atoms with van der Waals surface area (Å²) in [6.07, 6.45) is -6.09. The molecule has 0 fully saturated rings. The third-order valence-corrected chi connectivity index (χ3v) is 2.43. The van der Waals surface area contributed by atoms with E-state index in [2.05, 4.69) is 0 Å². The van der Waals surface area contributed by atoms with Crippen LogP contribution in [0.1, 0.15) is 12.5 Å². The van der Waals surface area contributed by atoms with Crippen LogP contribution in [0.2, 0.25) is 0 Å². The smallest absolute Gasteiger partial charge is 0.418 e. The lowest BCUT2D eigenvalue weighted by atomic mass is 10.2. The second kappa shape index (κ2) is 5.95. The fourth-order valence-corrected chi connectivity index (χ4v) is 1.26. The van der Waals surface area contributed by atoms with E-state index in [1.54, 1.807) is 0 Å². The second-order valence-electron chi connectivity index (χ2n) is 3.54. The Labute approximate surface area is 107 Å². The minimum Gasteiger partial charge on any atom is -0.445 e. The number of carbonyl (C=O) groups excluding carboxylic acids is 1. The van der Waals surface area contributed by atoms with Crippen molar-refractivity contribution in [1.29, 1.82) is 0 Å². The number of hydrogen-bond donors (Lipinski definition) is 1. The fraction of sp³-hybridized carbons (Fsp3) is 0.364. The fourth-order valence-electron chi connectivity index (χ4n) is 1.19. The number of alkyl halides is 4. The molecule has 7 heteroatoms. The van der Waals surface area contributed by atoms with Crippen molar-refractivity contribution in [1.82, 2.24) is 0 Å². The molecular weight excluding hydrogens is 271 g/mol. The summed E-state index contributed by atoms with van der Waals surface area (Å²) in [6.45, 7) is 1.53. The van der Waals surface area contributed by atoms with Crippen molar-refractivity contribution in [2.75, 3.05) is 11.2 Å². The summed E-state index contributed by atoms with van der Waals surface area (Å²) in [5.74, 6) is 0.0638. The zero-order valence-electron chi connectivity index (χ0n) is 9.42. The Morgan fingerprint density at radius 3 is 2.61 bits per heavy atom. The first-order valence-electron chi connectivity index (χ1n) is 5.04. The average molecular weight is 282 g/mol. The van der Waals surface area contributed by atoms with Gasteiger partial charge >= 0.3 is 12.3 Å². The number of anilines is 1. The van der Waals surface area contributed by atoms with Crippen LogP contribution in [0, 0.1) is 0 Å². The van der Waals surface area contributed by atoms with E-state index in [0.717, 1.165) is 12.1 Å². The van der Waals surface area contributed by atoms with Gasteiger partial charge in [0, 0.05) is 0 Å². The van der Waals surface area contributed by atoms with Crippen molar-refractivity contribution in [3.8, 4) is 0 Å². The van der Waals surface area contributed by atoms with Gasteiger partial charge in [0.05, 0.1) is 17.1 Å². The number of rotatable bonds is 3. The standard InChI is InChI=1S/C11H11ClF3NO2/c1-7(6-12)18-10(17)16-9-5-3-2-4-8(9)11(13,14)15/h2-5,7H,6H2,1H3,(H,16,17). The average Bonchev–Trinajstić information content (AvgIpc) is 2.27. The van der Waals surface area contributed by atoms with E-state index in [-0.39, 0.29) is 11.6 Å². The molecule has 0 radical (unpaired) electrons. The van der Waals surface area contributed by atoms with Crippen LogP contribution in [0.3, 0.4) is 0 Å². The summed E-state index contributed by atoms with van der Waals surface area (Å²) in [5.41, 5.74) is -1.28. The highest BCUT2D eigenvalue weighted by atomic mass is 35.5. The van der Waals surface area contributed by atoms with Gasteiger partial charge in [0.1, 0.15) is 6.10 Å². The number of hydrogen-bond acceptors (Lipinski definition) is 2. The van der Waals surface area contributed by atoms with Gasteiger partial charge in [-0.3, -0.25) is 5.32 Å². The Morgan fingerprint density at radius 1 is 1.44 bits per heavy atom. The molecule has 0 aromatic heterocycles. The van der Waals surface area contributed by atoms with Gasteiger partial charge in [-0.25, -0.2) is 4.79 Å². The number of nitrogens with one attached hydrogen (secondary N) is 1. The Bertz CT molecular complexity index is 423. The molecule has 1 unspecified atom stereocenters. The highest BCUT2D eigenvalue weighted by molar-refractivity contribution is 6.18. The summed E-state index contributed by atoms with van der Waals surface area (Å²) >= 11 is 5.42. The maximum Gasteiger partial charge on any atom is 0.418 e. The predicted octanol–water partition coefficient (Wildman–Crippen LogP) is 3.88. The summed E-state index contributed by atoms with van der Waals surface area (Å²) in [7, 11) is 0. The highest BCUT2D eigenvalue weighted by Crippen LogP contribution is 2.34. The number of para-hydroxylation sites is 1. The Hall–Kier alpha value is -1.43. The lowest BCUT2D eigenvalue weighted by Gasteiger charge is -2.15. The van der Waals surface area contributed by atoms with Crippen molar-refractivity contribution < 1.29 is 22.7 Å². The maximum absolute atomic E-state index is 12.6. The van der Waals surface area contributed by atoms with E-state index >= 15 is 0 Å². The lowest BCUT2D eigenvalue weighted by Crippen LogP contribution is -2.22. The van der Waals surface area contributed by atoms with Crippen LogP contribution in [-0.2, 0) is 10.9 Å². The number of benzene rings is 1. The molecule has 0 aliphatic carbocycles. The minimum absolute atomic E-state index is 0.0638. The molecule has 0 spiro atoms. The molecule has 18 heavy (non-hydrogen) atoms.